The molecule has 0 spiro atoms. The van der Waals surface area contributed by atoms with Gasteiger partial charge in [-0.3, -0.25) is 10.1 Å². The fourth-order valence-corrected chi connectivity index (χ4v) is 4.61. The van der Waals surface area contributed by atoms with Gasteiger partial charge in [-0.15, -0.1) is 22.7 Å². The number of benzene rings is 1. The number of carbonyl (C=O) groups is 1. The van der Waals surface area contributed by atoms with Gasteiger partial charge in [0, 0.05) is 17.4 Å². The molecular weight excluding hydrogens is 378 g/mol. The second-order valence-corrected chi connectivity index (χ2v) is 8.76. The molecule has 0 unspecified atom stereocenters. The Kier molecular flexibility index (Phi) is 5.92. The van der Waals surface area contributed by atoms with Crippen molar-refractivity contribution in [1.82, 2.24) is 9.97 Å². The lowest BCUT2D eigenvalue weighted by Gasteiger charge is -2.07. The number of carbonyl (C=O) groups excluding carboxylic acids is 1. The molecule has 5 nitrogen and oxygen atoms in total. The monoisotopic (exact) mass is 401 g/mol. The molecule has 0 aliphatic carbocycles. The maximum Gasteiger partial charge on any atom is 0.269 e. The Hall–Kier alpha value is -2.25. The molecule has 0 aliphatic rings. The Morgan fingerprint density at radius 2 is 2.04 bits per heavy atom. The van der Waals surface area contributed by atoms with Crippen molar-refractivity contribution in [1.29, 1.82) is 0 Å². The predicted molar refractivity (Wildman–Crippen MR) is 112 cm³/mol. The van der Waals surface area contributed by atoms with Crippen LogP contribution in [0, 0.1) is 19.8 Å². The van der Waals surface area contributed by atoms with Crippen molar-refractivity contribution in [3.63, 3.8) is 0 Å². The lowest BCUT2D eigenvalue weighted by Crippen LogP contribution is -2.11. The van der Waals surface area contributed by atoms with Crippen molar-refractivity contribution < 1.29 is 9.53 Å². The van der Waals surface area contributed by atoms with E-state index in [2.05, 4.69) is 29.1 Å². The fourth-order valence-electron chi connectivity index (χ4n) is 2.73. The molecule has 0 atom stereocenters. The Balaban J connectivity index is 1.79. The highest BCUT2D eigenvalue weighted by molar-refractivity contribution is 7.15. The number of methoxy groups -OCH3 is 1. The van der Waals surface area contributed by atoms with Crippen LogP contribution in [-0.2, 0) is 6.42 Å². The molecule has 2 aromatic heterocycles. The predicted octanol–water partition coefficient (Wildman–Crippen LogP) is 5.34. The molecule has 2 heterocycles. The molecule has 1 amide bonds. The number of amides is 1. The van der Waals surface area contributed by atoms with Crippen LogP contribution in [0.15, 0.2) is 23.6 Å². The highest BCUT2D eigenvalue weighted by Gasteiger charge is 2.18. The maximum atomic E-state index is 12.7. The summed E-state index contributed by atoms with van der Waals surface area (Å²) in [7, 11) is 1.64. The zero-order valence-electron chi connectivity index (χ0n) is 16.1. The van der Waals surface area contributed by atoms with E-state index in [-0.39, 0.29) is 5.91 Å². The first-order chi connectivity index (χ1) is 12.9. The summed E-state index contributed by atoms with van der Waals surface area (Å²) in [6.45, 7) is 8.19. The summed E-state index contributed by atoms with van der Waals surface area (Å²) in [4.78, 5) is 22.4. The van der Waals surface area contributed by atoms with Crippen LogP contribution in [0.1, 0.15) is 39.8 Å². The van der Waals surface area contributed by atoms with Gasteiger partial charge in [-0.05, 0) is 31.9 Å². The minimum Gasteiger partial charge on any atom is -0.496 e. The van der Waals surface area contributed by atoms with Crippen LogP contribution in [0.25, 0.3) is 11.3 Å². The molecule has 0 fully saturated rings. The summed E-state index contributed by atoms with van der Waals surface area (Å²) in [5, 5.41) is 6.40. The minimum absolute atomic E-state index is 0.155. The second kappa shape index (κ2) is 8.19. The Morgan fingerprint density at radius 3 is 2.74 bits per heavy atom. The van der Waals surface area contributed by atoms with Gasteiger partial charge in [0.05, 0.1) is 23.5 Å². The first-order valence-electron chi connectivity index (χ1n) is 8.75. The van der Waals surface area contributed by atoms with Crippen LogP contribution in [0.2, 0.25) is 0 Å². The minimum atomic E-state index is -0.155. The van der Waals surface area contributed by atoms with E-state index in [0.29, 0.717) is 15.9 Å². The van der Waals surface area contributed by atoms with Gasteiger partial charge in [-0.1, -0.05) is 25.5 Å². The van der Waals surface area contributed by atoms with Gasteiger partial charge >= 0.3 is 0 Å². The van der Waals surface area contributed by atoms with E-state index in [1.165, 1.54) is 22.7 Å². The standard InChI is InChI=1S/C20H23N3O2S2/c1-11(2)8-17-21-13(4)18(27-17)19(24)23-20-22-15(10-26-20)14-9-12(3)6-7-16(14)25-5/h6-7,9-11H,8H2,1-5H3,(H,22,23,24). The molecule has 0 aliphatic heterocycles. The normalized spacial score (nSPS) is 11.0. The average molecular weight is 402 g/mol. The fraction of sp³-hybridized carbons (Fsp3) is 0.350. The molecular formula is C20H23N3O2S2. The number of anilines is 1. The molecule has 0 radical (unpaired) electrons. The molecule has 1 N–H and O–H groups in total. The number of aromatic nitrogens is 2. The van der Waals surface area contributed by atoms with Gasteiger partial charge in [-0.25, -0.2) is 9.97 Å². The van der Waals surface area contributed by atoms with Gasteiger partial charge < -0.3 is 4.74 Å². The summed E-state index contributed by atoms with van der Waals surface area (Å²) < 4.78 is 5.44. The lowest BCUT2D eigenvalue weighted by atomic mass is 10.1. The van der Waals surface area contributed by atoms with Crippen molar-refractivity contribution in [3.05, 3.63) is 44.7 Å². The number of ether oxygens (including phenoxy) is 1. The highest BCUT2D eigenvalue weighted by Crippen LogP contribution is 2.33. The number of aryl methyl sites for hydroxylation is 2. The summed E-state index contributed by atoms with van der Waals surface area (Å²) in [6.07, 6.45) is 0.882. The van der Waals surface area contributed by atoms with Crippen LogP contribution in [0.4, 0.5) is 5.13 Å². The van der Waals surface area contributed by atoms with Gasteiger partial charge in [0.2, 0.25) is 0 Å². The third-order valence-electron chi connectivity index (χ3n) is 3.99. The Bertz CT molecular complexity index is 960. The number of nitrogens with one attached hydrogen (secondary N) is 1. The smallest absolute Gasteiger partial charge is 0.269 e. The van der Waals surface area contributed by atoms with E-state index in [9.17, 15) is 4.79 Å². The number of rotatable bonds is 6. The quantitative estimate of drug-likeness (QED) is 0.605. The summed E-state index contributed by atoms with van der Waals surface area (Å²) in [5.74, 6) is 1.12. The highest BCUT2D eigenvalue weighted by atomic mass is 32.1. The van der Waals surface area contributed by atoms with Gasteiger partial charge in [0.1, 0.15) is 10.6 Å². The van der Waals surface area contributed by atoms with E-state index in [1.807, 2.05) is 37.4 Å². The zero-order chi connectivity index (χ0) is 19.6. The third-order valence-corrected chi connectivity index (χ3v) is 5.92. The van der Waals surface area contributed by atoms with Crippen molar-refractivity contribution in [2.75, 3.05) is 12.4 Å². The van der Waals surface area contributed by atoms with Crippen LogP contribution in [0.5, 0.6) is 5.75 Å². The molecule has 0 saturated carbocycles. The first-order valence-corrected chi connectivity index (χ1v) is 10.4. The molecule has 3 aromatic rings. The number of thiazole rings is 2. The summed E-state index contributed by atoms with van der Waals surface area (Å²) in [6, 6.07) is 5.96. The van der Waals surface area contributed by atoms with Gasteiger partial charge in [0.15, 0.2) is 5.13 Å². The molecule has 7 heteroatoms. The molecule has 3 rings (SSSR count). The summed E-state index contributed by atoms with van der Waals surface area (Å²) in [5.41, 5.74) is 3.60. The van der Waals surface area contributed by atoms with Crippen LogP contribution < -0.4 is 10.1 Å². The molecule has 0 saturated heterocycles. The van der Waals surface area contributed by atoms with Crippen LogP contribution in [-0.4, -0.2) is 23.0 Å². The second-order valence-electron chi connectivity index (χ2n) is 6.82. The average Bonchev–Trinajstić information content (AvgIpc) is 3.20. The third kappa shape index (κ3) is 4.54. The van der Waals surface area contributed by atoms with Crippen LogP contribution >= 0.6 is 22.7 Å². The van der Waals surface area contributed by atoms with E-state index < -0.39 is 0 Å². The lowest BCUT2D eigenvalue weighted by molar-refractivity contribution is 0.103. The number of hydrogen-bond donors (Lipinski definition) is 1. The van der Waals surface area contributed by atoms with Crippen molar-refractivity contribution in [3.8, 4) is 17.0 Å². The molecule has 1 aromatic carbocycles. The maximum absolute atomic E-state index is 12.7. The van der Waals surface area contributed by atoms with Gasteiger partial charge in [-0.2, -0.15) is 0 Å². The Labute approximate surface area is 167 Å². The van der Waals surface area contributed by atoms with Crippen LogP contribution in [0.3, 0.4) is 0 Å². The van der Waals surface area contributed by atoms with Crippen molar-refractivity contribution in [2.24, 2.45) is 5.92 Å². The summed E-state index contributed by atoms with van der Waals surface area (Å²) >= 11 is 2.86. The molecule has 27 heavy (non-hydrogen) atoms. The number of nitrogens with zero attached hydrogens (tertiary/aromatic N) is 2. The van der Waals surface area contributed by atoms with Crippen molar-refractivity contribution in [2.45, 2.75) is 34.1 Å². The zero-order valence-corrected chi connectivity index (χ0v) is 17.8. The SMILES string of the molecule is COc1ccc(C)cc1-c1csc(NC(=O)c2sc(CC(C)C)nc2C)n1. The molecule has 0 bridgehead atoms. The van der Waals surface area contributed by atoms with Gasteiger partial charge in [0.25, 0.3) is 5.91 Å². The topological polar surface area (TPSA) is 64.1 Å². The molecule has 142 valence electrons. The number of hydrogen-bond acceptors (Lipinski definition) is 6. The van der Waals surface area contributed by atoms with E-state index in [4.69, 9.17) is 4.74 Å². The van der Waals surface area contributed by atoms with Crippen molar-refractivity contribution >= 4 is 33.7 Å². The van der Waals surface area contributed by atoms with E-state index in [1.54, 1.807) is 7.11 Å². The Morgan fingerprint density at radius 1 is 1.26 bits per heavy atom. The first kappa shape index (κ1) is 19.5. The van der Waals surface area contributed by atoms with E-state index in [0.717, 1.165) is 39.7 Å². The van der Waals surface area contributed by atoms with E-state index >= 15 is 0 Å². The largest absolute Gasteiger partial charge is 0.496 e.